The fourth-order valence-corrected chi connectivity index (χ4v) is 4.37. The fourth-order valence-electron chi connectivity index (χ4n) is 3.55. The molecule has 0 spiro atoms. The van der Waals surface area contributed by atoms with E-state index in [1.165, 1.54) is 11.8 Å². The average molecular weight is 427 g/mol. The minimum Gasteiger partial charge on any atom is -0.351 e. The zero-order valence-electron chi connectivity index (χ0n) is 18.6. The number of carbonyl (C=O) groups is 1. The van der Waals surface area contributed by atoms with Crippen molar-refractivity contribution in [3.63, 3.8) is 0 Å². The monoisotopic (exact) mass is 426 g/mol. The molecule has 0 bridgehead atoms. The van der Waals surface area contributed by atoms with E-state index in [0.717, 1.165) is 23.5 Å². The van der Waals surface area contributed by atoms with Gasteiger partial charge < -0.3 is 10.2 Å². The lowest BCUT2D eigenvalue weighted by Crippen LogP contribution is -2.40. The van der Waals surface area contributed by atoms with Crippen LogP contribution < -0.4 is 5.32 Å². The molecule has 0 aliphatic heterocycles. The van der Waals surface area contributed by atoms with Crippen molar-refractivity contribution in [1.29, 1.82) is 0 Å². The Balaban J connectivity index is 1.69. The molecule has 0 saturated heterocycles. The van der Waals surface area contributed by atoms with E-state index >= 15 is 0 Å². The number of amides is 1. The van der Waals surface area contributed by atoms with Crippen molar-refractivity contribution in [3.8, 4) is 0 Å². The molecule has 0 aliphatic carbocycles. The standard InChI is InChI=1S/C22H30N6OS/c1-15-11-16(2)28-20(24-15)25-21(26-28)30-12-17-9-7-8-10-18(17)19(29)23-13-22(3,4)14-27(5)6/h7-11H,12-14H2,1-6H3,(H,23,29). The largest absolute Gasteiger partial charge is 0.351 e. The molecule has 2 aromatic heterocycles. The Morgan fingerprint density at radius 2 is 1.93 bits per heavy atom. The minimum absolute atomic E-state index is 0.00764. The van der Waals surface area contributed by atoms with Crippen molar-refractivity contribution >= 4 is 23.4 Å². The molecule has 1 amide bonds. The van der Waals surface area contributed by atoms with Crippen LogP contribution >= 0.6 is 11.8 Å². The van der Waals surface area contributed by atoms with Crippen LogP contribution in [0.15, 0.2) is 35.5 Å². The number of thioether (sulfide) groups is 1. The van der Waals surface area contributed by atoms with E-state index < -0.39 is 0 Å². The number of aryl methyl sites for hydroxylation is 2. The number of aromatic nitrogens is 4. The lowest BCUT2D eigenvalue weighted by atomic mass is 9.92. The third-order valence-corrected chi connectivity index (χ3v) is 5.58. The predicted molar refractivity (Wildman–Crippen MR) is 121 cm³/mol. The average Bonchev–Trinajstić information content (AvgIpc) is 3.07. The molecule has 0 atom stereocenters. The maximum Gasteiger partial charge on any atom is 0.253 e. The molecular formula is C22H30N6OS. The number of hydrogen-bond acceptors (Lipinski definition) is 6. The zero-order valence-corrected chi connectivity index (χ0v) is 19.4. The Labute approximate surface area is 182 Å². The normalized spacial score (nSPS) is 12.0. The lowest BCUT2D eigenvalue weighted by molar-refractivity contribution is 0.0928. The van der Waals surface area contributed by atoms with Gasteiger partial charge in [0.2, 0.25) is 5.16 Å². The third-order valence-electron chi connectivity index (χ3n) is 4.69. The summed E-state index contributed by atoms with van der Waals surface area (Å²) < 4.78 is 1.75. The highest BCUT2D eigenvalue weighted by Crippen LogP contribution is 2.23. The molecule has 2 heterocycles. The first-order chi connectivity index (χ1) is 14.1. The van der Waals surface area contributed by atoms with Gasteiger partial charge in [0.15, 0.2) is 0 Å². The molecule has 160 valence electrons. The van der Waals surface area contributed by atoms with E-state index in [0.29, 0.717) is 28.8 Å². The quantitative estimate of drug-likeness (QED) is 0.557. The number of fused-ring (bicyclic) bond motifs is 1. The van der Waals surface area contributed by atoms with E-state index in [1.54, 1.807) is 4.52 Å². The number of carbonyl (C=O) groups excluding carboxylic acids is 1. The van der Waals surface area contributed by atoms with Crippen molar-refractivity contribution in [2.45, 2.75) is 38.6 Å². The van der Waals surface area contributed by atoms with Gasteiger partial charge >= 0.3 is 0 Å². The number of nitrogens with zero attached hydrogens (tertiary/aromatic N) is 5. The second-order valence-electron chi connectivity index (χ2n) is 8.68. The van der Waals surface area contributed by atoms with Crippen LogP contribution in [0.4, 0.5) is 0 Å². The highest BCUT2D eigenvalue weighted by Gasteiger charge is 2.21. The van der Waals surface area contributed by atoms with Gasteiger partial charge in [-0.25, -0.2) is 9.50 Å². The van der Waals surface area contributed by atoms with Gasteiger partial charge in [0.25, 0.3) is 11.7 Å². The smallest absolute Gasteiger partial charge is 0.253 e. The minimum atomic E-state index is -0.0471. The molecule has 8 heteroatoms. The first kappa shape index (κ1) is 22.2. The summed E-state index contributed by atoms with van der Waals surface area (Å²) in [6.07, 6.45) is 0. The summed E-state index contributed by atoms with van der Waals surface area (Å²) in [6.45, 7) is 9.76. The van der Waals surface area contributed by atoms with Gasteiger partial charge in [-0.1, -0.05) is 43.8 Å². The van der Waals surface area contributed by atoms with Crippen molar-refractivity contribution in [1.82, 2.24) is 29.8 Å². The van der Waals surface area contributed by atoms with Gasteiger partial charge in [0, 0.05) is 35.8 Å². The van der Waals surface area contributed by atoms with E-state index in [4.69, 9.17) is 0 Å². The maximum absolute atomic E-state index is 12.9. The van der Waals surface area contributed by atoms with Crippen molar-refractivity contribution < 1.29 is 4.79 Å². The first-order valence-electron chi connectivity index (χ1n) is 9.99. The molecule has 0 aliphatic rings. The Kier molecular flexibility index (Phi) is 6.77. The highest BCUT2D eigenvalue weighted by molar-refractivity contribution is 7.98. The summed E-state index contributed by atoms with van der Waals surface area (Å²) in [6, 6.07) is 9.68. The van der Waals surface area contributed by atoms with E-state index in [1.807, 2.05) is 58.3 Å². The Hall–Kier alpha value is -2.45. The van der Waals surface area contributed by atoms with Gasteiger partial charge in [-0.2, -0.15) is 4.98 Å². The summed E-state index contributed by atoms with van der Waals surface area (Å²) in [7, 11) is 4.09. The van der Waals surface area contributed by atoms with Crippen LogP contribution in [-0.2, 0) is 5.75 Å². The molecule has 3 aromatic rings. The molecular weight excluding hydrogens is 396 g/mol. The van der Waals surface area contributed by atoms with Crippen molar-refractivity contribution in [2.75, 3.05) is 27.2 Å². The molecule has 0 unspecified atom stereocenters. The zero-order chi connectivity index (χ0) is 21.9. The molecule has 0 radical (unpaired) electrons. The molecule has 3 rings (SSSR count). The first-order valence-corrected chi connectivity index (χ1v) is 11.0. The SMILES string of the molecule is Cc1cc(C)n2nc(SCc3ccccc3C(=O)NCC(C)(C)CN(C)C)nc2n1. The van der Waals surface area contributed by atoms with Crippen LogP contribution in [0, 0.1) is 19.3 Å². The topological polar surface area (TPSA) is 75.4 Å². The van der Waals surface area contributed by atoms with Gasteiger partial charge in [-0.05, 0) is 51.1 Å². The molecule has 0 fully saturated rings. The second-order valence-corrected chi connectivity index (χ2v) is 9.62. The molecule has 7 nitrogen and oxygen atoms in total. The Morgan fingerprint density at radius 1 is 1.20 bits per heavy atom. The summed E-state index contributed by atoms with van der Waals surface area (Å²) >= 11 is 1.51. The van der Waals surface area contributed by atoms with E-state index in [9.17, 15) is 4.79 Å². The Bertz CT molecular complexity index is 1040. The summed E-state index contributed by atoms with van der Waals surface area (Å²) in [5, 5.41) is 8.29. The van der Waals surface area contributed by atoms with Crippen LogP contribution in [0.3, 0.4) is 0 Å². The van der Waals surface area contributed by atoms with Crippen LogP contribution in [0.2, 0.25) is 0 Å². The number of rotatable bonds is 8. The fraction of sp³-hybridized carbons (Fsp3) is 0.455. The predicted octanol–water partition coefficient (Wildman–Crippen LogP) is 3.35. The van der Waals surface area contributed by atoms with Gasteiger partial charge in [0.1, 0.15) is 0 Å². The van der Waals surface area contributed by atoms with Crippen molar-refractivity contribution in [3.05, 3.63) is 52.8 Å². The summed E-state index contributed by atoms with van der Waals surface area (Å²) in [5.74, 6) is 1.16. The van der Waals surface area contributed by atoms with Crippen LogP contribution in [0.25, 0.3) is 5.78 Å². The van der Waals surface area contributed by atoms with Crippen molar-refractivity contribution in [2.24, 2.45) is 5.41 Å². The molecule has 1 N–H and O–H groups in total. The summed E-state index contributed by atoms with van der Waals surface area (Å²) in [5.41, 5.74) is 3.57. The van der Waals surface area contributed by atoms with E-state index in [2.05, 4.69) is 39.1 Å². The maximum atomic E-state index is 12.9. The second kappa shape index (κ2) is 9.14. The number of hydrogen-bond donors (Lipinski definition) is 1. The summed E-state index contributed by atoms with van der Waals surface area (Å²) in [4.78, 5) is 23.9. The highest BCUT2D eigenvalue weighted by atomic mass is 32.2. The van der Waals surface area contributed by atoms with Gasteiger partial charge in [-0.3, -0.25) is 4.79 Å². The van der Waals surface area contributed by atoms with Crippen LogP contribution in [0.5, 0.6) is 0 Å². The molecule has 0 saturated carbocycles. The van der Waals surface area contributed by atoms with Gasteiger partial charge in [0.05, 0.1) is 0 Å². The molecule has 1 aromatic carbocycles. The Morgan fingerprint density at radius 3 is 2.67 bits per heavy atom. The number of nitrogens with one attached hydrogen (secondary N) is 1. The lowest BCUT2D eigenvalue weighted by Gasteiger charge is -2.28. The van der Waals surface area contributed by atoms with Gasteiger partial charge in [-0.15, -0.1) is 5.10 Å². The van der Waals surface area contributed by atoms with Crippen LogP contribution in [-0.4, -0.2) is 57.6 Å². The number of benzene rings is 1. The van der Waals surface area contributed by atoms with Crippen LogP contribution in [0.1, 0.15) is 41.2 Å². The van der Waals surface area contributed by atoms with E-state index in [-0.39, 0.29) is 11.3 Å². The third kappa shape index (κ3) is 5.58. The molecule has 30 heavy (non-hydrogen) atoms.